The van der Waals surface area contributed by atoms with Gasteiger partial charge in [-0.2, -0.15) is 0 Å². The third kappa shape index (κ3) is 2.26. The molecule has 0 aromatic carbocycles. The van der Waals surface area contributed by atoms with E-state index in [1.54, 1.807) is 6.92 Å². The number of nitrogens with one attached hydrogen (secondary N) is 1. The van der Waals surface area contributed by atoms with E-state index in [0.29, 0.717) is 0 Å². The van der Waals surface area contributed by atoms with E-state index in [1.807, 2.05) is 0 Å². The maximum Gasteiger partial charge on any atom is 0.326 e. The summed E-state index contributed by atoms with van der Waals surface area (Å²) < 4.78 is 5.37. The molecular weight excluding hydrogens is 240 g/mol. The van der Waals surface area contributed by atoms with Gasteiger partial charge in [-0.1, -0.05) is 6.92 Å². The van der Waals surface area contributed by atoms with Crippen molar-refractivity contribution in [3.63, 3.8) is 0 Å². The minimum atomic E-state index is -0.786. The summed E-state index contributed by atoms with van der Waals surface area (Å²) in [7, 11) is 0. The van der Waals surface area contributed by atoms with Gasteiger partial charge >= 0.3 is 6.03 Å². The van der Waals surface area contributed by atoms with Crippen LogP contribution in [0.3, 0.4) is 0 Å². The predicted molar refractivity (Wildman–Crippen MR) is 55.8 cm³/mol. The van der Waals surface area contributed by atoms with Crippen molar-refractivity contribution in [2.45, 2.75) is 31.8 Å². The third-order valence-electron chi connectivity index (χ3n) is 3.14. The Morgan fingerprint density at radius 1 is 1.53 bits per heavy atom. The van der Waals surface area contributed by atoms with Crippen molar-refractivity contribution in [3.05, 3.63) is 0 Å². The number of hydrogen-bond acceptors (Lipinski definition) is 5. The normalized spacial score (nSPS) is 38.4. The van der Waals surface area contributed by atoms with Gasteiger partial charge in [-0.15, -0.1) is 0 Å². The van der Waals surface area contributed by atoms with Crippen LogP contribution in [0.1, 0.15) is 13.3 Å². The number of amides is 3. The van der Waals surface area contributed by atoms with Gasteiger partial charge in [0, 0.05) is 13.0 Å². The molecule has 2 fully saturated rings. The molecule has 0 aliphatic carbocycles. The highest BCUT2D eigenvalue weighted by Crippen LogP contribution is 2.25. The van der Waals surface area contributed by atoms with Gasteiger partial charge in [-0.25, -0.2) is 4.79 Å². The number of urea groups is 1. The van der Waals surface area contributed by atoms with Crippen molar-refractivity contribution in [3.8, 4) is 0 Å². The zero-order chi connectivity index (χ0) is 12.6. The second kappa shape index (κ2) is 4.59. The van der Waals surface area contributed by atoms with Crippen molar-refractivity contribution in [2.75, 3.05) is 13.2 Å². The zero-order valence-corrected chi connectivity index (χ0v) is 9.50. The molecule has 2 rings (SSSR count). The van der Waals surface area contributed by atoms with E-state index >= 15 is 0 Å². The van der Waals surface area contributed by atoms with Crippen molar-refractivity contribution in [1.29, 1.82) is 0 Å². The molecular formula is C10H16N2O5. The van der Waals surface area contributed by atoms with Gasteiger partial charge < -0.3 is 14.9 Å². The van der Waals surface area contributed by atoms with Crippen LogP contribution in [0.4, 0.5) is 4.79 Å². The van der Waals surface area contributed by atoms with Crippen LogP contribution in [0.2, 0.25) is 0 Å². The fourth-order valence-electron chi connectivity index (χ4n) is 2.08. The largest absolute Gasteiger partial charge is 0.394 e. The molecule has 3 N–H and O–H groups in total. The second-order valence-electron chi connectivity index (χ2n) is 4.46. The average molecular weight is 256 g/mol. The molecule has 3 amide bonds. The van der Waals surface area contributed by atoms with Crippen molar-refractivity contribution < 1.29 is 24.5 Å². The van der Waals surface area contributed by atoms with Crippen molar-refractivity contribution in [1.82, 2.24) is 10.2 Å². The van der Waals surface area contributed by atoms with Gasteiger partial charge in [0.15, 0.2) is 0 Å². The van der Waals surface area contributed by atoms with E-state index in [9.17, 15) is 14.7 Å². The van der Waals surface area contributed by atoms with E-state index in [2.05, 4.69) is 5.32 Å². The minimum absolute atomic E-state index is 0.250. The highest BCUT2D eigenvalue weighted by Gasteiger charge is 2.41. The molecule has 1 unspecified atom stereocenters. The summed E-state index contributed by atoms with van der Waals surface area (Å²) in [6.07, 6.45) is -1.79. The maximum atomic E-state index is 11.6. The summed E-state index contributed by atoms with van der Waals surface area (Å²) in [6.45, 7) is 1.69. The predicted octanol–water partition coefficient (Wildman–Crippen LogP) is -1.36. The first-order valence-corrected chi connectivity index (χ1v) is 5.58. The fourth-order valence-corrected chi connectivity index (χ4v) is 2.08. The Hall–Kier alpha value is -1.18. The quantitative estimate of drug-likeness (QED) is 0.419. The van der Waals surface area contributed by atoms with Crippen LogP contribution in [0.15, 0.2) is 0 Å². The molecule has 0 bridgehead atoms. The van der Waals surface area contributed by atoms with Crippen LogP contribution < -0.4 is 5.32 Å². The first-order valence-electron chi connectivity index (χ1n) is 5.58. The fraction of sp³-hybridized carbons (Fsp3) is 0.800. The first-order chi connectivity index (χ1) is 8.02. The lowest BCUT2D eigenvalue weighted by atomic mass is 11.1. The smallest absolute Gasteiger partial charge is 0.326 e. The average Bonchev–Trinajstić information content (AvgIpc) is 2.65. The lowest BCUT2D eigenvalue weighted by Crippen LogP contribution is -2.57. The molecule has 2 saturated heterocycles. The minimum Gasteiger partial charge on any atom is -0.394 e. The highest BCUT2D eigenvalue weighted by molar-refractivity contribution is 5.97. The Labute approximate surface area is 98.3 Å². The molecule has 7 heteroatoms. The molecule has 0 spiro atoms. The lowest BCUT2D eigenvalue weighted by Gasteiger charge is -2.34. The third-order valence-corrected chi connectivity index (χ3v) is 3.14. The maximum absolute atomic E-state index is 11.6. The van der Waals surface area contributed by atoms with Gasteiger partial charge in [0.2, 0.25) is 5.91 Å². The van der Waals surface area contributed by atoms with Crippen LogP contribution >= 0.6 is 0 Å². The number of aliphatic hydroxyl groups excluding tert-OH is 2. The van der Waals surface area contributed by atoms with E-state index in [1.165, 1.54) is 4.90 Å². The Bertz CT molecular complexity index is 335. The second-order valence-corrected chi connectivity index (χ2v) is 4.46. The van der Waals surface area contributed by atoms with Crippen LogP contribution in [-0.4, -0.2) is 58.6 Å². The molecule has 4 atom stereocenters. The molecule has 2 aliphatic heterocycles. The van der Waals surface area contributed by atoms with Crippen LogP contribution in [0, 0.1) is 5.92 Å². The van der Waals surface area contributed by atoms with Gasteiger partial charge in [0.05, 0.1) is 18.6 Å². The van der Waals surface area contributed by atoms with Crippen LogP contribution in [0.5, 0.6) is 0 Å². The van der Waals surface area contributed by atoms with Crippen LogP contribution in [-0.2, 0) is 9.53 Å². The Balaban J connectivity index is 2.03. The van der Waals surface area contributed by atoms with Crippen molar-refractivity contribution in [2.24, 2.45) is 5.92 Å². The summed E-state index contributed by atoms with van der Waals surface area (Å²) in [5.74, 6) is -0.606. The lowest BCUT2D eigenvalue weighted by molar-refractivity contribution is -0.128. The standard InChI is InChI=1S/C10H16N2O5/c1-5-3-12(10(16)11-9(5)15)8-2-6(14)7(4-13)17-8/h5-8,13-14H,2-4H2,1H3,(H,11,15,16)/t5?,6-,7+,8+/m0/s1/i1+1,2+1,3+1,4+1,5+1,6+1,7+1,8+1,9+1,10+1,11+1,12+1. The van der Waals surface area contributed by atoms with Gasteiger partial charge in [-0.05, 0) is 0 Å². The number of aliphatic hydroxyl groups is 2. The number of rotatable bonds is 2. The molecule has 17 heavy (non-hydrogen) atoms. The summed E-state index contributed by atoms with van der Waals surface area (Å²) in [6, 6.07) is -0.510. The molecule has 0 aromatic heterocycles. The number of nitrogens with zero attached hydrogens (tertiary/aromatic N) is 1. The Morgan fingerprint density at radius 2 is 2.24 bits per heavy atom. The number of carbonyl (C=O) groups is 2. The highest BCUT2D eigenvalue weighted by atomic mass is 16.8. The molecule has 0 saturated carbocycles. The van der Waals surface area contributed by atoms with Gasteiger partial charge in [0.1, 0.15) is 12.3 Å². The Morgan fingerprint density at radius 3 is 2.82 bits per heavy atom. The summed E-state index contributed by atoms with van der Waals surface area (Å²) in [5, 5.41) is 20.8. The van der Waals surface area contributed by atoms with E-state index in [-0.39, 0.29) is 31.4 Å². The molecule has 0 radical (unpaired) electrons. The number of imide groups is 1. The number of carbonyl (C=O) groups excluding carboxylic acids is 2. The Kier molecular flexibility index (Phi) is 3.32. The number of ether oxygens (including phenoxy) is 1. The summed E-state index contributed by atoms with van der Waals surface area (Å²) in [4.78, 5) is 24.2. The molecule has 0 aromatic rings. The monoisotopic (exact) mass is 256 g/mol. The summed E-state index contributed by atoms with van der Waals surface area (Å²) in [5.41, 5.74) is 0. The summed E-state index contributed by atoms with van der Waals surface area (Å²) >= 11 is 0. The molecule has 2 aliphatic rings. The van der Waals surface area contributed by atoms with Crippen molar-refractivity contribution >= 4 is 11.9 Å². The zero-order valence-electron chi connectivity index (χ0n) is 9.50. The van der Waals surface area contributed by atoms with E-state index in [0.717, 1.165) is 0 Å². The number of hydrogen-bond donors (Lipinski definition) is 3. The van der Waals surface area contributed by atoms with Gasteiger partial charge in [0.25, 0.3) is 0 Å². The van der Waals surface area contributed by atoms with Crippen LogP contribution in [0.25, 0.3) is 0 Å². The first kappa shape index (κ1) is 12.3. The van der Waals surface area contributed by atoms with E-state index in [4.69, 9.17) is 9.84 Å². The van der Waals surface area contributed by atoms with E-state index < -0.39 is 24.5 Å². The molecule has 2 heterocycles. The SMILES string of the molecule is [13CH3][13CH]1[13CH2][15N]([13C@H]2[13CH2][13C@H](O)[13C@@H]([13CH2]O)O2)[13C](=O)[15NH][13C]1=O. The molecule has 96 valence electrons. The molecule has 7 nitrogen and oxygen atoms in total. The topological polar surface area (TPSA) is 99.1 Å². The van der Waals surface area contributed by atoms with Gasteiger partial charge in [-0.3, -0.25) is 15.0 Å².